The van der Waals surface area contributed by atoms with E-state index >= 15 is 0 Å². The van der Waals surface area contributed by atoms with Crippen molar-refractivity contribution in [3.8, 4) is 22.8 Å². The van der Waals surface area contributed by atoms with Gasteiger partial charge in [0.15, 0.2) is 27.0 Å². The number of methoxy groups -OCH3 is 2. The number of amides is 1. The van der Waals surface area contributed by atoms with Crippen LogP contribution in [0.2, 0.25) is 0 Å². The van der Waals surface area contributed by atoms with Gasteiger partial charge in [0.1, 0.15) is 0 Å². The molecule has 1 amide bonds. The molecule has 5 rings (SSSR count). The maximum absolute atomic E-state index is 14.0. The van der Waals surface area contributed by atoms with Gasteiger partial charge in [-0.2, -0.15) is 5.10 Å². The number of nitrogens with zero attached hydrogens (tertiary/aromatic N) is 4. The van der Waals surface area contributed by atoms with Gasteiger partial charge in [0.05, 0.1) is 54.1 Å². The fourth-order valence-corrected chi connectivity index (χ4v) is 7.54. The van der Waals surface area contributed by atoms with Gasteiger partial charge in [-0.25, -0.2) is 18.1 Å². The second kappa shape index (κ2) is 9.63. The number of piperidine rings is 1. The lowest BCUT2D eigenvalue weighted by atomic mass is 9.91. The fourth-order valence-electron chi connectivity index (χ4n) is 5.85. The maximum Gasteiger partial charge on any atom is 0.254 e. The monoisotopic (exact) mass is 526 g/mol. The number of carbonyl (C=O) groups excluding carboxylic acids is 1. The largest absolute Gasteiger partial charge is 0.493 e. The molecule has 198 valence electrons. The second-order valence-corrected chi connectivity index (χ2v) is 12.8. The van der Waals surface area contributed by atoms with Gasteiger partial charge < -0.3 is 14.4 Å². The topological polar surface area (TPSA) is 104 Å². The van der Waals surface area contributed by atoms with Crippen molar-refractivity contribution >= 4 is 26.8 Å². The minimum absolute atomic E-state index is 0.0237. The van der Waals surface area contributed by atoms with Crippen LogP contribution in [0.5, 0.6) is 11.5 Å². The first-order valence-corrected chi connectivity index (χ1v) is 14.5. The number of likely N-dealkylation sites (tertiary alicyclic amines) is 1. The lowest BCUT2D eigenvalue weighted by Crippen LogP contribution is -2.42. The minimum atomic E-state index is -3.13. The van der Waals surface area contributed by atoms with E-state index in [-0.39, 0.29) is 23.5 Å². The molecule has 2 fully saturated rings. The van der Waals surface area contributed by atoms with Gasteiger partial charge in [-0.1, -0.05) is 13.8 Å². The van der Waals surface area contributed by atoms with E-state index in [0.29, 0.717) is 70.8 Å². The van der Waals surface area contributed by atoms with Gasteiger partial charge in [0.25, 0.3) is 5.91 Å². The molecule has 2 aliphatic rings. The van der Waals surface area contributed by atoms with Crippen LogP contribution in [0.1, 0.15) is 48.8 Å². The number of pyridine rings is 1. The van der Waals surface area contributed by atoms with Crippen molar-refractivity contribution in [2.45, 2.75) is 39.7 Å². The van der Waals surface area contributed by atoms with Crippen molar-refractivity contribution in [2.75, 3.05) is 38.8 Å². The maximum atomic E-state index is 14.0. The molecule has 0 saturated carbocycles. The van der Waals surface area contributed by atoms with E-state index < -0.39 is 9.84 Å². The van der Waals surface area contributed by atoms with Crippen LogP contribution in [-0.2, 0) is 9.84 Å². The van der Waals surface area contributed by atoms with Crippen LogP contribution in [-0.4, -0.2) is 72.8 Å². The van der Waals surface area contributed by atoms with E-state index in [1.807, 2.05) is 36.1 Å². The van der Waals surface area contributed by atoms with E-state index in [0.717, 1.165) is 12.0 Å². The summed E-state index contributed by atoms with van der Waals surface area (Å²) in [5.74, 6) is 2.09. The summed E-state index contributed by atoms with van der Waals surface area (Å²) in [7, 11) is 0.0218. The van der Waals surface area contributed by atoms with Crippen LogP contribution < -0.4 is 9.47 Å². The summed E-state index contributed by atoms with van der Waals surface area (Å²) in [6.45, 7) is 7.62. The average molecular weight is 527 g/mol. The summed E-state index contributed by atoms with van der Waals surface area (Å²) in [6.07, 6.45) is 1.57. The van der Waals surface area contributed by atoms with Crippen LogP contribution >= 0.6 is 0 Å². The smallest absolute Gasteiger partial charge is 0.254 e. The van der Waals surface area contributed by atoms with Gasteiger partial charge >= 0.3 is 0 Å². The summed E-state index contributed by atoms with van der Waals surface area (Å²) in [4.78, 5) is 20.9. The van der Waals surface area contributed by atoms with Gasteiger partial charge in [0, 0.05) is 18.7 Å². The zero-order valence-electron chi connectivity index (χ0n) is 22.0. The van der Waals surface area contributed by atoms with Gasteiger partial charge in [-0.15, -0.1) is 0 Å². The molecule has 1 aromatic carbocycles. The molecule has 2 saturated heterocycles. The summed E-state index contributed by atoms with van der Waals surface area (Å²) in [6, 6.07) is 7.04. The van der Waals surface area contributed by atoms with E-state index in [1.54, 1.807) is 18.9 Å². The Labute approximate surface area is 217 Å². The van der Waals surface area contributed by atoms with Crippen molar-refractivity contribution in [3.05, 3.63) is 35.5 Å². The third-order valence-corrected chi connectivity index (χ3v) is 9.21. The molecular weight excluding hydrogens is 492 g/mol. The van der Waals surface area contributed by atoms with Crippen LogP contribution in [0.3, 0.4) is 0 Å². The minimum Gasteiger partial charge on any atom is -0.493 e. The van der Waals surface area contributed by atoms with Crippen LogP contribution in [0, 0.1) is 18.8 Å². The Balaban J connectivity index is 1.70. The first kappa shape index (κ1) is 25.5. The SMILES string of the molecule is COc1ccc(-c2cc(C(=O)N3CC(C)CC(C)C3)c3c(C)nn(C4CCS(=O)(=O)C4)c3n2)cc1OC. The Bertz CT molecular complexity index is 1460. The number of carbonyl (C=O) groups is 1. The number of benzene rings is 1. The number of fused-ring (bicyclic) bond motifs is 1. The molecule has 3 atom stereocenters. The highest BCUT2D eigenvalue weighted by atomic mass is 32.2. The Hall–Kier alpha value is -3.14. The number of hydrogen-bond donors (Lipinski definition) is 0. The molecule has 0 aliphatic carbocycles. The van der Waals surface area contributed by atoms with Gasteiger partial charge in [-0.05, 0) is 55.9 Å². The molecule has 0 radical (unpaired) electrons. The predicted octanol–water partition coefficient (Wildman–Crippen LogP) is 3.90. The van der Waals surface area contributed by atoms with Crippen LogP contribution in [0.4, 0.5) is 0 Å². The molecular formula is C27H34N4O5S. The zero-order valence-corrected chi connectivity index (χ0v) is 22.8. The molecule has 37 heavy (non-hydrogen) atoms. The third kappa shape index (κ3) is 4.79. The van der Waals surface area contributed by atoms with Crippen molar-refractivity contribution in [3.63, 3.8) is 0 Å². The molecule has 9 nitrogen and oxygen atoms in total. The normalized spacial score (nSPS) is 23.4. The highest BCUT2D eigenvalue weighted by molar-refractivity contribution is 7.91. The summed E-state index contributed by atoms with van der Waals surface area (Å²) >= 11 is 0. The van der Waals surface area contributed by atoms with E-state index in [9.17, 15) is 13.2 Å². The van der Waals surface area contributed by atoms with Gasteiger partial charge in [0.2, 0.25) is 0 Å². The molecule has 3 unspecified atom stereocenters. The number of rotatable bonds is 5. The predicted molar refractivity (Wildman–Crippen MR) is 142 cm³/mol. The molecule has 3 aromatic rings. The molecule has 0 N–H and O–H groups in total. The average Bonchev–Trinajstić information content (AvgIpc) is 3.40. The zero-order chi connectivity index (χ0) is 26.5. The molecule has 0 bridgehead atoms. The highest BCUT2D eigenvalue weighted by Gasteiger charge is 2.34. The lowest BCUT2D eigenvalue weighted by molar-refractivity contribution is 0.0625. The Kier molecular flexibility index (Phi) is 6.64. The number of hydrogen-bond acceptors (Lipinski definition) is 7. The second-order valence-electron chi connectivity index (χ2n) is 10.6. The third-order valence-electron chi connectivity index (χ3n) is 7.46. The van der Waals surface area contributed by atoms with Gasteiger partial charge in [-0.3, -0.25) is 4.79 Å². The number of ether oxygens (including phenoxy) is 2. The van der Waals surface area contributed by atoms with Crippen molar-refractivity contribution in [1.82, 2.24) is 19.7 Å². The van der Waals surface area contributed by atoms with E-state index in [2.05, 4.69) is 13.8 Å². The molecule has 2 aliphatic heterocycles. The highest BCUT2D eigenvalue weighted by Crippen LogP contribution is 2.36. The first-order chi connectivity index (χ1) is 17.6. The quantitative estimate of drug-likeness (QED) is 0.497. The molecule has 0 spiro atoms. The standard InChI is InChI=1S/C27H34N4O5S/c1-16-10-17(2)14-30(13-16)27(32)21-12-22(19-6-7-23(35-4)24(11-19)36-5)28-26-25(21)18(3)29-31(26)20-8-9-37(33,34)15-20/h6-7,11-12,16-17,20H,8-10,13-15H2,1-5H3. The Morgan fingerprint density at radius 1 is 1.05 bits per heavy atom. The summed E-state index contributed by atoms with van der Waals surface area (Å²) in [5, 5.41) is 5.41. The molecule has 2 aromatic heterocycles. The van der Waals surface area contributed by atoms with E-state index in [4.69, 9.17) is 19.6 Å². The van der Waals surface area contributed by atoms with Crippen molar-refractivity contribution < 1.29 is 22.7 Å². The fraction of sp³-hybridized carbons (Fsp3) is 0.519. The van der Waals surface area contributed by atoms with Crippen molar-refractivity contribution in [1.29, 1.82) is 0 Å². The number of aryl methyl sites for hydroxylation is 1. The first-order valence-electron chi connectivity index (χ1n) is 12.7. The Morgan fingerprint density at radius 3 is 2.38 bits per heavy atom. The van der Waals surface area contributed by atoms with Crippen molar-refractivity contribution in [2.24, 2.45) is 11.8 Å². The summed E-state index contributed by atoms with van der Waals surface area (Å²) < 4.78 is 37.2. The van der Waals surface area contributed by atoms with E-state index in [1.165, 1.54) is 0 Å². The summed E-state index contributed by atoms with van der Waals surface area (Å²) in [5.41, 5.74) is 3.11. The number of sulfone groups is 1. The molecule has 4 heterocycles. The Morgan fingerprint density at radius 2 is 1.76 bits per heavy atom. The lowest BCUT2D eigenvalue weighted by Gasteiger charge is -2.35. The molecule has 10 heteroatoms. The number of aromatic nitrogens is 3. The van der Waals surface area contributed by atoms with Crippen LogP contribution in [0.25, 0.3) is 22.3 Å². The van der Waals surface area contributed by atoms with Crippen LogP contribution in [0.15, 0.2) is 24.3 Å².